The van der Waals surface area contributed by atoms with Crippen molar-refractivity contribution in [2.75, 3.05) is 5.32 Å². The predicted molar refractivity (Wildman–Crippen MR) is 83.5 cm³/mol. The Balaban J connectivity index is 1.93. The average molecular weight is 313 g/mol. The molecule has 4 rings (SSSR count). The van der Waals surface area contributed by atoms with Gasteiger partial charge >= 0.3 is 0 Å². The van der Waals surface area contributed by atoms with Crippen molar-refractivity contribution in [3.8, 4) is 0 Å². The molecule has 2 N–H and O–H groups in total. The highest BCUT2D eigenvalue weighted by Crippen LogP contribution is 2.42. The van der Waals surface area contributed by atoms with E-state index >= 15 is 0 Å². The number of hydrogen-bond acceptors (Lipinski definition) is 3. The molecule has 1 aliphatic heterocycles. The minimum Gasteiger partial charge on any atom is -0.377 e. The van der Waals surface area contributed by atoms with Crippen LogP contribution in [0.15, 0.2) is 41.2 Å². The third-order valence-corrected chi connectivity index (χ3v) is 4.35. The molecule has 0 fully saturated rings. The van der Waals surface area contributed by atoms with Gasteiger partial charge in [-0.3, -0.25) is 4.79 Å². The summed E-state index contributed by atoms with van der Waals surface area (Å²) in [6.45, 7) is 1.97. The molecule has 0 amide bonds. The number of nitrogens with zero attached hydrogens (tertiary/aromatic N) is 1. The quantitative estimate of drug-likeness (QED) is 0.723. The molecule has 116 valence electrons. The second-order valence-corrected chi connectivity index (χ2v) is 5.78. The molecule has 0 aliphatic carbocycles. The molecule has 0 radical (unpaired) electrons. The van der Waals surface area contributed by atoms with Crippen LogP contribution in [-0.2, 0) is 0 Å². The van der Waals surface area contributed by atoms with Crippen LogP contribution in [0.2, 0.25) is 0 Å². The van der Waals surface area contributed by atoms with Gasteiger partial charge in [-0.15, -0.1) is 0 Å². The molecule has 0 saturated heterocycles. The fraction of sp³-hybridized carbons (Fsp3) is 0.176. The van der Waals surface area contributed by atoms with Gasteiger partial charge < -0.3 is 5.32 Å². The topological polar surface area (TPSA) is 57.8 Å². The van der Waals surface area contributed by atoms with Crippen LogP contribution in [0.5, 0.6) is 0 Å². The SMILES string of the molecule is C[C@H]1c2n[nH]c(=O)c3cc(F)cc(c23)N[C@@H]1c1ccc(F)cc1. The number of nitrogens with one attached hydrogen (secondary N) is 2. The molecule has 1 aromatic heterocycles. The maximum Gasteiger partial charge on any atom is 0.272 e. The summed E-state index contributed by atoms with van der Waals surface area (Å²) in [5.74, 6) is -0.874. The van der Waals surface area contributed by atoms with Crippen LogP contribution in [0.1, 0.15) is 30.1 Å². The van der Waals surface area contributed by atoms with Gasteiger partial charge in [0, 0.05) is 17.0 Å². The Labute approximate surface area is 130 Å². The van der Waals surface area contributed by atoms with Crippen molar-refractivity contribution in [2.45, 2.75) is 18.9 Å². The van der Waals surface area contributed by atoms with E-state index in [2.05, 4.69) is 15.5 Å². The number of rotatable bonds is 1. The van der Waals surface area contributed by atoms with Gasteiger partial charge in [-0.2, -0.15) is 5.10 Å². The van der Waals surface area contributed by atoms with Crippen LogP contribution in [0, 0.1) is 11.6 Å². The van der Waals surface area contributed by atoms with Gasteiger partial charge in [0.15, 0.2) is 0 Å². The fourth-order valence-electron chi connectivity index (χ4n) is 3.22. The average Bonchev–Trinajstić information content (AvgIpc) is 2.53. The van der Waals surface area contributed by atoms with E-state index in [-0.39, 0.29) is 23.2 Å². The lowest BCUT2D eigenvalue weighted by Gasteiger charge is -2.32. The van der Waals surface area contributed by atoms with Crippen LogP contribution in [-0.4, -0.2) is 10.2 Å². The summed E-state index contributed by atoms with van der Waals surface area (Å²) >= 11 is 0. The summed E-state index contributed by atoms with van der Waals surface area (Å²) in [4.78, 5) is 11.9. The van der Waals surface area contributed by atoms with Gasteiger partial charge in [0.2, 0.25) is 0 Å². The van der Waals surface area contributed by atoms with E-state index in [1.54, 1.807) is 12.1 Å². The van der Waals surface area contributed by atoms with E-state index in [1.807, 2.05) is 6.92 Å². The fourth-order valence-corrected chi connectivity index (χ4v) is 3.22. The Bertz CT molecular complexity index is 966. The summed E-state index contributed by atoms with van der Waals surface area (Å²) in [7, 11) is 0. The van der Waals surface area contributed by atoms with Crippen molar-refractivity contribution in [3.63, 3.8) is 0 Å². The largest absolute Gasteiger partial charge is 0.377 e. The molecule has 6 heteroatoms. The third kappa shape index (κ3) is 2.10. The van der Waals surface area contributed by atoms with Crippen molar-refractivity contribution >= 4 is 16.5 Å². The Morgan fingerprint density at radius 3 is 2.57 bits per heavy atom. The van der Waals surface area contributed by atoms with Crippen LogP contribution in [0.25, 0.3) is 10.8 Å². The van der Waals surface area contributed by atoms with E-state index in [0.29, 0.717) is 16.8 Å². The van der Waals surface area contributed by atoms with Gasteiger partial charge in [0.1, 0.15) is 11.6 Å². The zero-order chi connectivity index (χ0) is 16.1. The lowest BCUT2D eigenvalue weighted by atomic mass is 9.85. The maximum absolute atomic E-state index is 13.8. The lowest BCUT2D eigenvalue weighted by Crippen LogP contribution is -2.26. The van der Waals surface area contributed by atoms with Gasteiger partial charge in [-0.05, 0) is 29.8 Å². The van der Waals surface area contributed by atoms with Crippen molar-refractivity contribution in [2.24, 2.45) is 0 Å². The number of aromatic nitrogens is 2. The summed E-state index contributed by atoms with van der Waals surface area (Å²) in [6, 6.07) is 8.55. The molecular formula is C17H13F2N3O. The highest BCUT2D eigenvalue weighted by atomic mass is 19.1. The monoisotopic (exact) mass is 313 g/mol. The Morgan fingerprint density at radius 2 is 1.83 bits per heavy atom. The second-order valence-electron chi connectivity index (χ2n) is 5.78. The molecule has 0 bridgehead atoms. The standard InChI is InChI=1S/C17H13F2N3O/c1-8-15(9-2-4-10(18)5-3-9)20-13-7-11(19)6-12-14(13)16(8)21-22-17(12)23/h2-8,15,20H,1H3,(H,22,23)/t8-,15+/m1/s1. The third-order valence-electron chi connectivity index (χ3n) is 4.35. The van der Waals surface area contributed by atoms with Gasteiger partial charge in [0.05, 0.1) is 17.1 Å². The lowest BCUT2D eigenvalue weighted by molar-refractivity contribution is 0.594. The first kappa shape index (κ1) is 13.9. The number of hydrogen-bond donors (Lipinski definition) is 2. The van der Waals surface area contributed by atoms with E-state index in [4.69, 9.17) is 0 Å². The summed E-state index contributed by atoms with van der Waals surface area (Å²) in [5.41, 5.74) is 1.68. The number of anilines is 1. The maximum atomic E-state index is 13.8. The molecular weight excluding hydrogens is 300 g/mol. The first-order valence-corrected chi connectivity index (χ1v) is 7.28. The molecule has 2 aromatic carbocycles. The normalized spacial score (nSPS) is 19.6. The van der Waals surface area contributed by atoms with Crippen LogP contribution in [0.4, 0.5) is 14.5 Å². The smallest absolute Gasteiger partial charge is 0.272 e. The van der Waals surface area contributed by atoms with Crippen molar-refractivity contribution in [1.82, 2.24) is 10.2 Å². The minimum atomic E-state index is -0.491. The van der Waals surface area contributed by atoms with Crippen LogP contribution in [0.3, 0.4) is 0 Å². The van der Waals surface area contributed by atoms with E-state index in [1.165, 1.54) is 24.3 Å². The molecule has 2 heterocycles. The molecule has 4 nitrogen and oxygen atoms in total. The highest BCUT2D eigenvalue weighted by molar-refractivity contribution is 5.96. The molecule has 2 atom stereocenters. The number of halogens is 2. The van der Waals surface area contributed by atoms with E-state index < -0.39 is 11.4 Å². The van der Waals surface area contributed by atoms with E-state index in [0.717, 1.165) is 5.56 Å². The minimum absolute atomic E-state index is 0.0715. The number of H-pyrrole nitrogens is 1. The summed E-state index contributed by atoms with van der Waals surface area (Å²) in [5, 5.41) is 10.8. The van der Waals surface area contributed by atoms with Gasteiger partial charge in [-0.25, -0.2) is 13.9 Å². The van der Waals surface area contributed by atoms with Gasteiger partial charge in [0.25, 0.3) is 5.56 Å². The molecule has 0 spiro atoms. The molecule has 0 saturated carbocycles. The Kier molecular flexibility index (Phi) is 2.94. The summed E-state index contributed by atoms with van der Waals surface area (Å²) < 4.78 is 27.0. The Morgan fingerprint density at radius 1 is 1.09 bits per heavy atom. The molecule has 1 aliphatic rings. The highest BCUT2D eigenvalue weighted by Gasteiger charge is 2.30. The van der Waals surface area contributed by atoms with Crippen molar-refractivity contribution < 1.29 is 8.78 Å². The molecule has 3 aromatic rings. The van der Waals surface area contributed by atoms with E-state index in [9.17, 15) is 13.6 Å². The first-order valence-electron chi connectivity index (χ1n) is 7.28. The predicted octanol–water partition coefficient (Wildman–Crippen LogP) is 3.47. The Hall–Kier alpha value is -2.76. The summed E-state index contributed by atoms with van der Waals surface area (Å²) in [6.07, 6.45) is 0. The number of aromatic amines is 1. The van der Waals surface area contributed by atoms with Crippen molar-refractivity contribution in [3.05, 3.63) is 69.6 Å². The second kappa shape index (κ2) is 4.87. The van der Waals surface area contributed by atoms with Crippen molar-refractivity contribution in [1.29, 1.82) is 0 Å². The molecule has 0 unspecified atom stereocenters. The molecule has 23 heavy (non-hydrogen) atoms. The first-order chi connectivity index (χ1) is 11.0. The zero-order valence-corrected chi connectivity index (χ0v) is 12.2. The van der Waals surface area contributed by atoms with Crippen LogP contribution < -0.4 is 10.9 Å². The number of benzene rings is 2. The zero-order valence-electron chi connectivity index (χ0n) is 12.2. The van der Waals surface area contributed by atoms with Gasteiger partial charge in [-0.1, -0.05) is 19.1 Å². The van der Waals surface area contributed by atoms with Crippen LogP contribution >= 0.6 is 0 Å².